The van der Waals surface area contributed by atoms with E-state index in [1.807, 2.05) is 24.3 Å². The van der Waals surface area contributed by atoms with E-state index in [0.717, 1.165) is 24.3 Å². The lowest BCUT2D eigenvalue weighted by atomic mass is 10.2. The van der Waals surface area contributed by atoms with Gasteiger partial charge in [-0.25, -0.2) is 5.43 Å². The van der Waals surface area contributed by atoms with Gasteiger partial charge in [0.1, 0.15) is 0 Å². The van der Waals surface area contributed by atoms with Crippen LogP contribution in [0.3, 0.4) is 0 Å². The molecule has 2 rings (SSSR count). The van der Waals surface area contributed by atoms with Gasteiger partial charge in [-0.2, -0.15) is 5.10 Å². The maximum Gasteiger partial charge on any atom is 0.240 e. The SMILES string of the molecule is CCN(CC)c1ccc(C=NNC(=O)CCC(=O)Nc2ccc(Cl)cc2Cl)cc1. The van der Waals surface area contributed by atoms with Gasteiger partial charge in [-0.3, -0.25) is 9.59 Å². The first kappa shape index (κ1) is 22.7. The van der Waals surface area contributed by atoms with Crippen LogP contribution >= 0.6 is 23.2 Å². The molecule has 0 heterocycles. The van der Waals surface area contributed by atoms with E-state index in [4.69, 9.17) is 23.2 Å². The molecule has 0 aliphatic heterocycles. The Balaban J connectivity index is 1.77. The van der Waals surface area contributed by atoms with Crippen LogP contribution in [0.4, 0.5) is 11.4 Å². The van der Waals surface area contributed by atoms with Gasteiger partial charge in [0.15, 0.2) is 0 Å². The Labute approximate surface area is 180 Å². The molecule has 0 saturated carbocycles. The zero-order valence-corrected chi connectivity index (χ0v) is 17.9. The highest BCUT2D eigenvalue weighted by atomic mass is 35.5. The fraction of sp³-hybridized carbons (Fsp3) is 0.286. The maximum absolute atomic E-state index is 12.0. The minimum atomic E-state index is -0.349. The molecule has 29 heavy (non-hydrogen) atoms. The molecule has 0 aliphatic rings. The van der Waals surface area contributed by atoms with Crippen LogP contribution in [0.2, 0.25) is 10.0 Å². The summed E-state index contributed by atoms with van der Waals surface area (Å²) in [6.45, 7) is 6.10. The fourth-order valence-corrected chi connectivity index (χ4v) is 3.08. The van der Waals surface area contributed by atoms with E-state index < -0.39 is 0 Å². The molecule has 0 saturated heterocycles. The number of hydrogen-bond donors (Lipinski definition) is 2. The molecule has 0 aromatic heterocycles. The van der Waals surface area contributed by atoms with E-state index in [1.54, 1.807) is 18.3 Å². The van der Waals surface area contributed by atoms with Gasteiger partial charge in [-0.1, -0.05) is 35.3 Å². The first-order chi connectivity index (χ1) is 13.9. The minimum absolute atomic E-state index is 0.00921. The standard InChI is InChI=1S/C21H24Cl2N4O2/c1-3-27(4-2)17-8-5-15(6-9-17)14-24-26-21(29)12-11-20(28)25-19-10-7-16(22)13-18(19)23/h5-10,13-14H,3-4,11-12H2,1-2H3,(H,25,28)(H,26,29). The van der Waals surface area contributed by atoms with Crippen LogP contribution in [0, 0.1) is 0 Å². The summed E-state index contributed by atoms with van der Waals surface area (Å²) >= 11 is 11.8. The van der Waals surface area contributed by atoms with Crippen molar-refractivity contribution in [2.75, 3.05) is 23.3 Å². The zero-order chi connectivity index (χ0) is 21.2. The molecule has 8 heteroatoms. The van der Waals surface area contributed by atoms with E-state index >= 15 is 0 Å². The second-order valence-electron chi connectivity index (χ2n) is 6.23. The van der Waals surface area contributed by atoms with E-state index in [1.165, 1.54) is 6.07 Å². The number of carbonyl (C=O) groups is 2. The quantitative estimate of drug-likeness (QED) is 0.443. The highest BCUT2D eigenvalue weighted by molar-refractivity contribution is 6.36. The lowest BCUT2D eigenvalue weighted by Crippen LogP contribution is -2.21. The van der Waals surface area contributed by atoms with Gasteiger partial charge in [0.05, 0.1) is 16.9 Å². The van der Waals surface area contributed by atoms with E-state index in [0.29, 0.717) is 15.7 Å². The largest absolute Gasteiger partial charge is 0.372 e. The first-order valence-corrected chi connectivity index (χ1v) is 10.1. The van der Waals surface area contributed by atoms with Gasteiger partial charge in [0.2, 0.25) is 11.8 Å². The highest BCUT2D eigenvalue weighted by Gasteiger charge is 2.09. The fourth-order valence-electron chi connectivity index (χ4n) is 2.63. The van der Waals surface area contributed by atoms with Crippen LogP contribution in [0.15, 0.2) is 47.6 Å². The van der Waals surface area contributed by atoms with Crippen molar-refractivity contribution in [3.05, 3.63) is 58.1 Å². The second kappa shape index (κ2) is 11.4. The summed E-state index contributed by atoms with van der Waals surface area (Å²) < 4.78 is 0. The molecule has 0 aliphatic carbocycles. The van der Waals surface area contributed by atoms with Crippen molar-refractivity contribution in [1.82, 2.24) is 5.43 Å². The summed E-state index contributed by atoms with van der Waals surface area (Å²) in [6, 6.07) is 12.7. The van der Waals surface area contributed by atoms with Crippen molar-refractivity contribution in [1.29, 1.82) is 0 Å². The van der Waals surface area contributed by atoms with E-state index in [2.05, 4.69) is 34.6 Å². The number of halogens is 2. The molecule has 154 valence electrons. The van der Waals surface area contributed by atoms with Crippen molar-refractivity contribution in [2.45, 2.75) is 26.7 Å². The van der Waals surface area contributed by atoms with Gasteiger partial charge in [0, 0.05) is 36.6 Å². The van der Waals surface area contributed by atoms with Gasteiger partial charge in [-0.15, -0.1) is 0 Å². The van der Waals surface area contributed by atoms with E-state index in [-0.39, 0.29) is 24.7 Å². The topological polar surface area (TPSA) is 73.8 Å². The summed E-state index contributed by atoms with van der Waals surface area (Å²) in [6.07, 6.45) is 1.59. The molecule has 2 amide bonds. The minimum Gasteiger partial charge on any atom is -0.372 e. The Kier molecular flexibility index (Phi) is 8.96. The molecule has 0 fully saturated rings. The highest BCUT2D eigenvalue weighted by Crippen LogP contribution is 2.25. The first-order valence-electron chi connectivity index (χ1n) is 9.34. The van der Waals surface area contributed by atoms with Gasteiger partial charge >= 0.3 is 0 Å². The number of nitrogens with one attached hydrogen (secondary N) is 2. The number of amides is 2. The second-order valence-corrected chi connectivity index (χ2v) is 7.07. The number of anilines is 2. The Morgan fingerprint density at radius 2 is 1.66 bits per heavy atom. The molecular formula is C21H24Cl2N4O2. The van der Waals surface area contributed by atoms with Crippen molar-refractivity contribution in [3.63, 3.8) is 0 Å². The normalized spacial score (nSPS) is 10.8. The zero-order valence-electron chi connectivity index (χ0n) is 16.4. The van der Waals surface area contributed by atoms with Crippen LogP contribution in [0.1, 0.15) is 32.3 Å². The Morgan fingerprint density at radius 3 is 2.28 bits per heavy atom. The molecule has 6 nitrogen and oxygen atoms in total. The van der Waals surface area contributed by atoms with Crippen LogP contribution in [-0.2, 0) is 9.59 Å². The third-order valence-electron chi connectivity index (χ3n) is 4.21. The molecule has 2 aromatic rings. The third-order valence-corrected chi connectivity index (χ3v) is 4.76. The van der Waals surface area contributed by atoms with Gasteiger partial charge in [0.25, 0.3) is 0 Å². The van der Waals surface area contributed by atoms with Crippen LogP contribution in [-0.4, -0.2) is 31.1 Å². The summed E-state index contributed by atoms with van der Waals surface area (Å²) in [5, 5.41) is 7.40. The van der Waals surface area contributed by atoms with E-state index in [9.17, 15) is 9.59 Å². The molecule has 2 N–H and O–H groups in total. The van der Waals surface area contributed by atoms with Crippen LogP contribution in [0.25, 0.3) is 0 Å². The summed E-state index contributed by atoms with van der Waals surface area (Å²) in [5.74, 6) is -0.668. The van der Waals surface area contributed by atoms with Crippen molar-refractivity contribution < 1.29 is 9.59 Å². The summed E-state index contributed by atoms with van der Waals surface area (Å²) in [5.41, 5.74) is 4.89. The number of carbonyl (C=O) groups excluding carboxylic acids is 2. The molecule has 2 aromatic carbocycles. The predicted molar refractivity (Wildman–Crippen MR) is 120 cm³/mol. The smallest absolute Gasteiger partial charge is 0.240 e. The lowest BCUT2D eigenvalue weighted by Gasteiger charge is -2.20. The summed E-state index contributed by atoms with van der Waals surface area (Å²) in [7, 11) is 0. The predicted octanol–water partition coefficient (Wildman–Crippen LogP) is 4.71. The number of nitrogens with zero attached hydrogens (tertiary/aromatic N) is 2. The molecule has 0 atom stereocenters. The Hall–Kier alpha value is -2.57. The van der Waals surface area contributed by atoms with Crippen molar-refractivity contribution in [2.24, 2.45) is 5.10 Å². The van der Waals surface area contributed by atoms with Gasteiger partial charge < -0.3 is 10.2 Å². The third kappa shape index (κ3) is 7.40. The Morgan fingerprint density at radius 1 is 1.00 bits per heavy atom. The molecule has 0 bridgehead atoms. The molecule has 0 unspecified atom stereocenters. The average molecular weight is 435 g/mol. The summed E-state index contributed by atoms with van der Waals surface area (Å²) in [4.78, 5) is 26.1. The molecule has 0 spiro atoms. The molecular weight excluding hydrogens is 411 g/mol. The number of hydrogen-bond acceptors (Lipinski definition) is 4. The van der Waals surface area contributed by atoms with Crippen LogP contribution < -0.4 is 15.6 Å². The number of rotatable bonds is 9. The lowest BCUT2D eigenvalue weighted by molar-refractivity contribution is -0.124. The number of hydrazone groups is 1. The monoisotopic (exact) mass is 434 g/mol. The number of benzene rings is 2. The van der Waals surface area contributed by atoms with Crippen molar-refractivity contribution in [3.8, 4) is 0 Å². The van der Waals surface area contributed by atoms with Gasteiger partial charge in [-0.05, 0) is 49.7 Å². The Bertz CT molecular complexity index is 865. The molecule has 0 radical (unpaired) electrons. The average Bonchev–Trinajstić information content (AvgIpc) is 2.70. The van der Waals surface area contributed by atoms with Crippen LogP contribution in [0.5, 0.6) is 0 Å². The maximum atomic E-state index is 12.0. The van der Waals surface area contributed by atoms with Crippen molar-refractivity contribution >= 4 is 52.6 Å².